The number of carbonyl (C=O) groups excluding carboxylic acids is 3. The Labute approximate surface area is 177 Å². The number of para-hydroxylation sites is 1. The molecular weight excluding hydrogens is 376 g/mol. The molecule has 2 aromatic carbocycles. The molecule has 1 aliphatic heterocycles. The van der Waals surface area contributed by atoms with Gasteiger partial charge in [-0.25, -0.2) is 4.90 Å². The highest BCUT2D eigenvalue weighted by Crippen LogP contribution is 2.31. The van der Waals surface area contributed by atoms with Crippen LogP contribution >= 0.6 is 0 Å². The van der Waals surface area contributed by atoms with E-state index in [4.69, 9.17) is 0 Å². The van der Waals surface area contributed by atoms with Gasteiger partial charge in [-0.2, -0.15) is 0 Å². The minimum Gasteiger partial charge on any atom is -0.323 e. The van der Waals surface area contributed by atoms with Crippen LogP contribution in [0.25, 0.3) is 0 Å². The standard InChI is InChI=1S/C25H28N2O3/c1-18-10-9-11-19(16-18)24(29)26(20-12-5-2-3-6-13-20)22-17-23(28)27(25(22)30)21-14-7-4-8-15-21/h4,7-11,14-16,20,22H,2-3,5-6,12-13,17H2,1H3. The first kappa shape index (κ1) is 20.3. The third-order valence-corrected chi connectivity index (χ3v) is 6.19. The fourth-order valence-corrected chi connectivity index (χ4v) is 4.71. The summed E-state index contributed by atoms with van der Waals surface area (Å²) in [6, 6.07) is 15.7. The Bertz CT molecular complexity index is 932. The molecule has 5 nitrogen and oxygen atoms in total. The molecule has 2 fully saturated rings. The number of amides is 3. The fourth-order valence-electron chi connectivity index (χ4n) is 4.71. The van der Waals surface area contributed by atoms with Crippen LogP contribution in [0.1, 0.15) is 60.9 Å². The Balaban J connectivity index is 1.69. The molecule has 0 bridgehead atoms. The second kappa shape index (κ2) is 8.82. The van der Waals surface area contributed by atoms with Crippen LogP contribution in [0, 0.1) is 6.92 Å². The molecule has 2 aromatic rings. The lowest BCUT2D eigenvalue weighted by atomic mass is 10.0. The van der Waals surface area contributed by atoms with E-state index in [1.54, 1.807) is 23.1 Å². The quantitative estimate of drug-likeness (QED) is 0.557. The predicted octanol–water partition coefficient (Wildman–Crippen LogP) is 4.49. The van der Waals surface area contributed by atoms with Gasteiger partial charge in [0, 0.05) is 11.6 Å². The number of hydrogen-bond donors (Lipinski definition) is 0. The Hall–Kier alpha value is -2.95. The van der Waals surface area contributed by atoms with E-state index in [9.17, 15) is 14.4 Å². The van der Waals surface area contributed by atoms with Crippen LogP contribution < -0.4 is 4.90 Å². The maximum atomic E-state index is 13.6. The number of hydrogen-bond acceptors (Lipinski definition) is 3. The number of rotatable bonds is 4. The Morgan fingerprint density at radius 3 is 2.30 bits per heavy atom. The molecule has 1 saturated carbocycles. The zero-order valence-electron chi connectivity index (χ0n) is 17.4. The van der Waals surface area contributed by atoms with Crippen molar-refractivity contribution < 1.29 is 14.4 Å². The molecule has 2 aliphatic rings. The van der Waals surface area contributed by atoms with Crippen molar-refractivity contribution in [2.75, 3.05) is 4.90 Å². The SMILES string of the molecule is Cc1cccc(C(=O)N(C2CCCCCC2)C2CC(=O)N(c3ccccc3)C2=O)c1. The Kier molecular flexibility index (Phi) is 5.98. The van der Waals surface area contributed by atoms with Gasteiger partial charge in [-0.1, -0.05) is 61.6 Å². The molecule has 1 saturated heterocycles. The number of aryl methyl sites for hydroxylation is 1. The van der Waals surface area contributed by atoms with E-state index >= 15 is 0 Å². The smallest absolute Gasteiger partial charge is 0.257 e. The van der Waals surface area contributed by atoms with Crippen molar-refractivity contribution in [2.45, 2.75) is 64.0 Å². The maximum absolute atomic E-state index is 13.6. The van der Waals surface area contributed by atoms with Crippen molar-refractivity contribution >= 4 is 23.4 Å². The highest BCUT2D eigenvalue weighted by Gasteiger charge is 2.46. The molecule has 5 heteroatoms. The lowest BCUT2D eigenvalue weighted by molar-refractivity contribution is -0.123. The number of anilines is 1. The summed E-state index contributed by atoms with van der Waals surface area (Å²) >= 11 is 0. The van der Waals surface area contributed by atoms with E-state index in [2.05, 4.69) is 0 Å². The zero-order valence-corrected chi connectivity index (χ0v) is 17.4. The van der Waals surface area contributed by atoms with Gasteiger partial charge in [0.15, 0.2) is 0 Å². The summed E-state index contributed by atoms with van der Waals surface area (Å²) in [5.41, 5.74) is 2.15. The topological polar surface area (TPSA) is 57.7 Å². The number of imide groups is 1. The van der Waals surface area contributed by atoms with Crippen molar-refractivity contribution in [3.63, 3.8) is 0 Å². The van der Waals surface area contributed by atoms with Gasteiger partial charge in [0.25, 0.3) is 11.8 Å². The van der Waals surface area contributed by atoms with Crippen molar-refractivity contribution in [1.29, 1.82) is 0 Å². The monoisotopic (exact) mass is 404 g/mol. The fraction of sp³-hybridized carbons (Fsp3) is 0.400. The first-order valence-electron chi connectivity index (χ1n) is 10.9. The van der Waals surface area contributed by atoms with Crippen LogP contribution in [0.5, 0.6) is 0 Å². The minimum atomic E-state index is -0.742. The van der Waals surface area contributed by atoms with Crippen LogP contribution in [0.4, 0.5) is 5.69 Å². The largest absolute Gasteiger partial charge is 0.323 e. The highest BCUT2D eigenvalue weighted by molar-refractivity contribution is 6.23. The molecular formula is C25H28N2O3. The Morgan fingerprint density at radius 1 is 0.933 bits per heavy atom. The summed E-state index contributed by atoms with van der Waals surface area (Å²) < 4.78 is 0. The van der Waals surface area contributed by atoms with Crippen molar-refractivity contribution in [3.8, 4) is 0 Å². The predicted molar refractivity (Wildman–Crippen MR) is 116 cm³/mol. The molecule has 1 unspecified atom stereocenters. The van der Waals surface area contributed by atoms with Crippen LogP contribution in [-0.4, -0.2) is 34.7 Å². The second-order valence-electron chi connectivity index (χ2n) is 8.35. The second-order valence-corrected chi connectivity index (χ2v) is 8.35. The molecule has 30 heavy (non-hydrogen) atoms. The average molecular weight is 405 g/mol. The summed E-state index contributed by atoms with van der Waals surface area (Å²) in [6.07, 6.45) is 6.18. The molecule has 156 valence electrons. The van der Waals surface area contributed by atoms with Gasteiger partial charge < -0.3 is 4.90 Å². The van der Waals surface area contributed by atoms with Gasteiger partial charge in [0.1, 0.15) is 6.04 Å². The zero-order chi connectivity index (χ0) is 21.1. The van der Waals surface area contributed by atoms with Gasteiger partial charge in [-0.15, -0.1) is 0 Å². The van der Waals surface area contributed by atoms with Gasteiger partial charge >= 0.3 is 0 Å². The number of carbonyl (C=O) groups is 3. The van der Waals surface area contributed by atoms with E-state index in [0.29, 0.717) is 11.3 Å². The third-order valence-electron chi connectivity index (χ3n) is 6.19. The van der Waals surface area contributed by atoms with Gasteiger partial charge in [0.2, 0.25) is 5.91 Å². The molecule has 0 N–H and O–H groups in total. The molecule has 0 radical (unpaired) electrons. The first-order chi connectivity index (χ1) is 14.6. The summed E-state index contributed by atoms with van der Waals surface area (Å²) in [5.74, 6) is -0.685. The molecule has 0 aromatic heterocycles. The molecule has 1 atom stereocenters. The van der Waals surface area contributed by atoms with Crippen LogP contribution in [0.3, 0.4) is 0 Å². The van der Waals surface area contributed by atoms with Crippen LogP contribution in [0.15, 0.2) is 54.6 Å². The normalized spacial score (nSPS) is 20.3. The van der Waals surface area contributed by atoms with Crippen molar-refractivity contribution in [2.24, 2.45) is 0 Å². The lowest BCUT2D eigenvalue weighted by Crippen LogP contribution is -2.50. The van der Waals surface area contributed by atoms with E-state index in [1.807, 2.05) is 43.3 Å². The first-order valence-corrected chi connectivity index (χ1v) is 10.9. The summed E-state index contributed by atoms with van der Waals surface area (Å²) in [7, 11) is 0. The summed E-state index contributed by atoms with van der Waals surface area (Å²) in [6.45, 7) is 1.95. The third kappa shape index (κ3) is 4.02. The molecule has 0 spiro atoms. The lowest BCUT2D eigenvalue weighted by Gasteiger charge is -2.35. The summed E-state index contributed by atoms with van der Waals surface area (Å²) in [4.78, 5) is 42.9. The number of nitrogens with zero attached hydrogens (tertiary/aromatic N) is 2. The van der Waals surface area contributed by atoms with Crippen LogP contribution in [-0.2, 0) is 9.59 Å². The molecule has 1 heterocycles. The summed E-state index contributed by atoms with van der Waals surface area (Å²) in [5, 5.41) is 0. The highest BCUT2D eigenvalue weighted by atomic mass is 16.2. The maximum Gasteiger partial charge on any atom is 0.257 e. The van der Waals surface area contributed by atoms with E-state index in [0.717, 1.165) is 44.1 Å². The van der Waals surface area contributed by atoms with Gasteiger partial charge in [-0.3, -0.25) is 14.4 Å². The van der Waals surface area contributed by atoms with Gasteiger partial charge in [0.05, 0.1) is 12.1 Å². The van der Waals surface area contributed by atoms with E-state index in [1.165, 1.54) is 4.90 Å². The van der Waals surface area contributed by atoms with E-state index < -0.39 is 6.04 Å². The van der Waals surface area contributed by atoms with Crippen LogP contribution in [0.2, 0.25) is 0 Å². The average Bonchev–Trinajstić information content (AvgIpc) is 2.91. The van der Waals surface area contributed by atoms with Gasteiger partial charge in [-0.05, 0) is 44.0 Å². The van der Waals surface area contributed by atoms with Crippen molar-refractivity contribution in [1.82, 2.24) is 4.90 Å². The molecule has 3 amide bonds. The Morgan fingerprint density at radius 2 is 1.63 bits per heavy atom. The molecule has 1 aliphatic carbocycles. The number of benzene rings is 2. The van der Waals surface area contributed by atoms with E-state index in [-0.39, 0.29) is 30.2 Å². The molecule has 4 rings (SSSR count). The minimum absolute atomic E-state index is 0.0158. The van der Waals surface area contributed by atoms with Crippen molar-refractivity contribution in [3.05, 3.63) is 65.7 Å².